The predicted molar refractivity (Wildman–Crippen MR) is 103 cm³/mol. The number of carboxylic acids is 1. The predicted octanol–water partition coefficient (Wildman–Crippen LogP) is 4.37. The lowest BCUT2D eigenvalue weighted by Crippen LogP contribution is -2.54. The third-order valence-corrected chi connectivity index (χ3v) is 9.21. The Labute approximate surface area is 167 Å². The first-order chi connectivity index (χ1) is 13.2. The second-order valence-corrected chi connectivity index (χ2v) is 10.4. The topological polar surface area (TPSA) is 80.7 Å². The van der Waals surface area contributed by atoms with Crippen molar-refractivity contribution < 1.29 is 24.2 Å². The molecule has 156 valence electrons. The van der Waals surface area contributed by atoms with E-state index < -0.39 is 5.97 Å². The van der Waals surface area contributed by atoms with Crippen LogP contribution in [-0.2, 0) is 19.1 Å². The summed E-state index contributed by atoms with van der Waals surface area (Å²) in [5.74, 6) is 1.65. The molecule has 0 bridgehead atoms. The van der Waals surface area contributed by atoms with E-state index in [2.05, 4.69) is 13.8 Å². The van der Waals surface area contributed by atoms with Crippen LogP contribution < -0.4 is 0 Å². The average molecular weight is 391 g/mol. The van der Waals surface area contributed by atoms with Crippen molar-refractivity contribution in [2.45, 2.75) is 90.6 Å². The third kappa shape index (κ3) is 3.19. The van der Waals surface area contributed by atoms with Crippen LogP contribution in [0.2, 0.25) is 0 Å². The third-order valence-electron chi connectivity index (χ3n) is 9.21. The van der Waals surface area contributed by atoms with Crippen molar-refractivity contribution in [2.24, 2.45) is 34.5 Å². The Morgan fingerprint density at radius 2 is 1.75 bits per heavy atom. The molecule has 4 aliphatic carbocycles. The maximum atomic E-state index is 12.2. The number of carbonyl (C=O) groups excluding carboxylic acids is 2. The van der Waals surface area contributed by atoms with Gasteiger partial charge in [-0.05, 0) is 74.0 Å². The Bertz CT molecular complexity index is 672. The zero-order chi connectivity index (χ0) is 20.1. The number of carbonyl (C=O) groups is 3. The van der Waals surface area contributed by atoms with Crippen LogP contribution in [0.25, 0.3) is 0 Å². The summed E-state index contributed by atoms with van der Waals surface area (Å²) >= 11 is 0. The smallest absolute Gasteiger partial charge is 0.306 e. The number of carboxylic acid groups (broad SMARTS) is 1. The monoisotopic (exact) mass is 390 g/mol. The molecule has 4 unspecified atom stereocenters. The van der Waals surface area contributed by atoms with Gasteiger partial charge in [-0.3, -0.25) is 14.4 Å². The molecule has 0 amide bonds. The Balaban J connectivity index is 1.47. The number of hydrogen-bond acceptors (Lipinski definition) is 4. The van der Waals surface area contributed by atoms with E-state index >= 15 is 0 Å². The van der Waals surface area contributed by atoms with Gasteiger partial charge < -0.3 is 9.84 Å². The van der Waals surface area contributed by atoms with E-state index in [9.17, 15) is 14.4 Å². The van der Waals surface area contributed by atoms with Crippen LogP contribution in [0.4, 0.5) is 0 Å². The van der Waals surface area contributed by atoms with Gasteiger partial charge in [0.2, 0.25) is 0 Å². The summed E-state index contributed by atoms with van der Waals surface area (Å²) in [7, 11) is 0. The fraction of sp³-hybridized carbons (Fsp3) is 0.870. The second-order valence-electron chi connectivity index (χ2n) is 10.4. The lowest BCUT2D eigenvalue weighted by Gasteiger charge is -2.60. The van der Waals surface area contributed by atoms with Gasteiger partial charge in [0, 0.05) is 18.3 Å². The second kappa shape index (κ2) is 7.14. The van der Waals surface area contributed by atoms with Crippen LogP contribution in [0.3, 0.4) is 0 Å². The summed E-state index contributed by atoms with van der Waals surface area (Å²) in [5, 5.41) is 8.80. The van der Waals surface area contributed by atoms with Gasteiger partial charge in [-0.15, -0.1) is 0 Å². The first-order valence-corrected chi connectivity index (χ1v) is 11.2. The summed E-state index contributed by atoms with van der Waals surface area (Å²) in [6.45, 7) is 4.75. The van der Waals surface area contributed by atoms with Gasteiger partial charge in [0.1, 0.15) is 11.9 Å². The van der Waals surface area contributed by atoms with Crippen molar-refractivity contribution in [3.8, 4) is 0 Å². The molecule has 7 atom stereocenters. The van der Waals surface area contributed by atoms with Gasteiger partial charge in [0.25, 0.3) is 0 Å². The molecule has 1 N–H and O–H groups in total. The largest absolute Gasteiger partial charge is 0.481 e. The van der Waals surface area contributed by atoms with Gasteiger partial charge in [-0.2, -0.15) is 0 Å². The van der Waals surface area contributed by atoms with Crippen LogP contribution >= 0.6 is 0 Å². The van der Waals surface area contributed by atoms with Crippen molar-refractivity contribution in [3.63, 3.8) is 0 Å². The highest BCUT2D eigenvalue weighted by atomic mass is 16.5. The van der Waals surface area contributed by atoms with Crippen LogP contribution in [-0.4, -0.2) is 28.9 Å². The molecule has 28 heavy (non-hydrogen) atoms. The number of hydrogen-bond donors (Lipinski definition) is 1. The lowest BCUT2D eigenvalue weighted by atomic mass is 9.45. The first kappa shape index (κ1) is 19.9. The van der Waals surface area contributed by atoms with E-state index in [0.29, 0.717) is 34.9 Å². The maximum Gasteiger partial charge on any atom is 0.306 e. The summed E-state index contributed by atoms with van der Waals surface area (Å²) < 4.78 is 5.81. The molecule has 0 aliphatic heterocycles. The van der Waals surface area contributed by atoms with E-state index in [0.717, 1.165) is 38.5 Å². The highest BCUT2D eigenvalue weighted by Crippen LogP contribution is 2.66. The number of fused-ring (bicyclic) bond motifs is 5. The fourth-order valence-electron chi connectivity index (χ4n) is 7.62. The first-order valence-electron chi connectivity index (χ1n) is 11.2. The molecule has 0 aromatic carbocycles. The summed E-state index contributed by atoms with van der Waals surface area (Å²) in [5.41, 5.74) is 0.322. The van der Waals surface area contributed by atoms with Crippen molar-refractivity contribution in [3.05, 3.63) is 0 Å². The van der Waals surface area contributed by atoms with E-state index in [-0.39, 0.29) is 30.3 Å². The van der Waals surface area contributed by atoms with Crippen molar-refractivity contribution in [1.29, 1.82) is 0 Å². The molecule has 4 rings (SSSR count). The number of ether oxygens (including phenoxy) is 1. The van der Waals surface area contributed by atoms with Crippen LogP contribution in [0.15, 0.2) is 0 Å². The summed E-state index contributed by atoms with van der Waals surface area (Å²) in [4.78, 5) is 34.9. The van der Waals surface area contributed by atoms with Gasteiger partial charge in [-0.25, -0.2) is 0 Å². The zero-order valence-electron chi connectivity index (χ0n) is 17.2. The van der Waals surface area contributed by atoms with Crippen LogP contribution in [0.5, 0.6) is 0 Å². The van der Waals surface area contributed by atoms with Gasteiger partial charge >= 0.3 is 11.9 Å². The lowest BCUT2D eigenvalue weighted by molar-refractivity contribution is -0.165. The molecule has 0 aromatic heterocycles. The van der Waals surface area contributed by atoms with E-state index in [1.807, 2.05) is 0 Å². The van der Waals surface area contributed by atoms with Crippen molar-refractivity contribution >= 4 is 17.7 Å². The minimum Gasteiger partial charge on any atom is -0.481 e. The van der Waals surface area contributed by atoms with Crippen molar-refractivity contribution in [1.82, 2.24) is 0 Å². The highest BCUT2D eigenvalue weighted by Gasteiger charge is 2.61. The standard InChI is InChI=1S/C23H34O5/c1-22-11-9-15(24)13-14(22)3-4-16-17-5-6-19(23(17,2)12-10-18(16)22)28-21(27)8-7-20(25)26/h14,16-19H,3-13H2,1-2H3,(H,25,26)/t14-,16?,17?,18?,19?,22-,23-/m0/s1. The van der Waals surface area contributed by atoms with Gasteiger partial charge in [0.15, 0.2) is 0 Å². The quantitative estimate of drug-likeness (QED) is 0.721. The molecule has 5 heteroatoms. The fourth-order valence-corrected chi connectivity index (χ4v) is 7.62. The molecule has 0 heterocycles. The Morgan fingerprint density at radius 3 is 2.50 bits per heavy atom. The number of Topliss-reactive ketones (excluding diaryl/α,β-unsaturated/α-hetero) is 1. The molecular weight excluding hydrogens is 356 g/mol. The number of aliphatic carboxylic acids is 1. The molecule has 4 aliphatic rings. The van der Waals surface area contributed by atoms with E-state index in [1.54, 1.807) is 0 Å². The summed E-state index contributed by atoms with van der Waals surface area (Å²) in [6, 6.07) is 0. The number of esters is 1. The normalized spacial score (nSPS) is 44.9. The van der Waals surface area contributed by atoms with Crippen LogP contribution in [0.1, 0.15) is 84.5 Å². The molecule has 4 saturated carbocycles. The molecule has 0 radical (unpaired) electrons. The molecule has 0 saturated heterocycles. The maximum absolute atomic E-state index is 12.2. The Hall–Kier alpha value is -1.39. The molecule has 0 spiro atoms. The Kier molecular flexibility index (Phi) is 5.08. The van der Waals surface area contributed by atoms with E-state index in [1.165, 1.54) is 19.3 Å². The number of rotatable bonds is 4. The van der Waals surface area contributed by atoms with Crippen molar-refractivity contribution in [2.75, 3.05) is 0 Å². The molecule has 5 nitrogen and oxygen atoms in total. The number of ketones is 1. The van der Waals surface area contributed by atoms with Crippen LogP contribution in [0, 0.1) is 34.5 Å². The van der Waals surface area contributed by atoms with Gasteiger partial charge in [-0.1, -0.05) is 13.8 Å². The Morgan fingerprint density at radius 1 is 1.00 bits per heavy atom. The molecular formula is C23H34O5. The molecule has 4 fully saturated rings. The summed E-state index contributed by atoms with van der Waals surface area (Å²) in [6.07, 6.45) is 8.95. The SMILES string of the molecule is C[C@]12CCC3C(CC[C@H]4CC(=O)CC[C@]34C)C1CCC2OC(=O)CCC(=O)O. The zero-order valence-corrected chi connectivity index (χ0v) is 17.2. The highest BCUT2D eigenvalue weighted by molar-refractivity contribution is 5.79. The van der Waals surface area contributed by atoms with Gasteiger partial charge in [0.05, 0.1) is 12.8 Å². The average Bonchev–Trinajstić information content (AvgIpc) is 2.97. The molecule has 0 aromatic rings. The van der Waals surface area contributed by atoms with E-state index in [4.69, 9.17) is 9.84 Å². The minimum atomic E-state index is -0.955. The minimum absolute atomic E-state index is 0.0216.